The monoisotopic (exact) mass is 401 g/mol. The number of halogens is 1. The molecular weight excluding hydrogens is 371 g/mol. The molecule has 0 aromatic heterocycles. The molecule has 6 heteroatoms. The average molecular weight is 402 g/mol. The zero-order valence-electron chi connectivity index (χ0n) is 17.5. The number of carbonyl (C=O) groups is 1. The predicted octanol–water partition coefficient (Wildman–Crippen LogP) is 2.44. The molecule has 1 unspecified atom stereocenters. The van der Waals surface area contributed by atoms with E-state index < -0.39 is 0 Å². The Labute approximate surface area is 171 Å². The molecule has 5 nitrogen and oxygen atoms in total. The molecule has 29 heavy (non-hydrogen) atoms. The van der Waals surface area contributed by atoms with E-state index in [9.17, 15) is 9.18 Å². The van der Waals surface area contributed by atoms with Crippen LogP contribution in [-0.4, -0.2) is 32.7 Å². The van der Waals surface area contributed by atoms with Gasteiger partial charge in [-0.15, -0.1) is 0 Å². The highest BCUT2D eigenvalue weighted by Crippen LogP contribution is 2.35. The quantitative estimate of drug-likeness (QED) is 0.749. The summed E-state index contributed by atoms with van der Waals surface area (Å²) in [7, 11) is 3.27. The fraction of sp³-hybridized carbons (Fsp3) is 0.435. The first kappa shape index (κ1) is 21.1. The normalized spacial score (nSPS) is 19.2. The molecule has 1 heterocycles. The van der Waals surface area contributed by atoms with Gasteiger partial charge < -0.3 is 19.7 Å². The van der Waals surface area contributed by atoms with Crippen molar-refractivity contribution in [2.75, 3.05) is 20.8 Å². The van der Waals surface area contributed by atoms with Crippen molar-refractivity contribution >= 4 is 5.91 Å². The number of hydrogen-bond acceptors (Lipinski definition) is 3. The van der Waals surface area contributed by atoms with Crippen molar-refractivity contribution in [3.8, 4) is 11.5 Å². The molecule has 2 aromatic carbocycles. The Morgan fingerprint density at radius 2 is 1.86 bits per heavy atom. The van der Waals surface area contributed by atoms with Gasteiger partial charge in [0.1, 0.15) is 18.4 Å². The summed E-state index contributed by atoms with van der Waals surface area (Å²) in [6.07, 6.45) is 1.35. The first-order chi connectivity index (χ1) is 14.0. The van der Waals surface area contributed by atoms with Crippen LogP contribution in [0.3, 0.4) is 0 Å². The number of rotatable bonds is 7. The van der Waals surface area contributed by atoms with Gasteiger partial charge in [0, 0.05) is 24.0 Å². The molecule has 2 aromatic rings. The van der Waals surface area contributed by atoms with Gasteiger partial charge in [-0.2, -0.15) is 0 Å². The van der Waals surface area contributed by atoms with Crippen LogP contribution in [0.4, 0.5) is 4.39 Å². The Bertz CT molecular complexity index is 854. The third-order valence-electron chi connectivity index (χ3n) is 5.69. The molecule has 1 amide bonds. The number of quaternary nitrogens is 1. The molecule has 0 bridgehead atoms. The smallest absolute Gasteiger partial charge is 0.220 e. The maximum absolute atomic E-state index is 13.3. The van der Waals surface area contributed by atoms with Crippen molar-refractivity contribution in [3.63, 3.8) is 0 Å². The molecule has 0 spiro atoms. The van der Waals surface area contributed by atoms with Gasteiger partial charge >= 0.3 is 0 Å². The average Bonchev–Trinajstić information content (AvgIpc) is 2.73. The predicted molar refractivity (Wildman–Crippen MR) is 110 cm³/mol. The summed E-state index contributed by atoms with van der Waals surface area (Å²) >= 11 is 0. The maximum atomic E-state index is 13.3. The van der Waals surface area contributed by atoms with Crippen molar-refractivity contribution in [2.45, 2.75) is 45.3 Å². The van der Waals surface area contributed by atoms with Crippen LogP contribution >= 0.6 is 0 Å². The Kier molecular flexibility index (Phi) is 6.75. The minimum absolute atomic E-state index is 0.0335. The summed E-state index contributed by atoms with van der Waals surface area (Å²) in [5.74, 6) is 1.21. The van der Waals surface area contributed by atoms with Crippen LogP contribution in [0, 0.1) is 5.82 Å². The Morgan fingerprint density at radius 3 is 2.48 bits per heavy atom. The molecule has 0 fully saturated rings. The molecule has 3 rings (SSSR count). The topological polar surface area (TPSA) is 52.0 Å². The molecule has 2 N–H and O–H groups in total. The number of hydrogen-bond donors (Lipinski definition) is 2. The summed E-state index contributed by atoms with van der Waals surface area (Å²) in [6, 6.07) is 10.7. The van der Waals surface area contributed by atoms with Gasteiger partial charge in [-0.25, -0.2) is 4.39 Å². The third-order valence-corrected chi connectivity index (χ3v) is 5.69. The first-order valence-corrected chi connectivity index (χ1v) is 10.1. The van der Waals surface area contributed by atoms with Crippen LogP contribution in [-0.2, 0) is 17.8 Å². The summed E-state index contributed by atoms with van der Waals surface area (Å²) in [4.78, 5) is 13.4. The summed E-state index contributed by atoms with van der Waals surface area (Å²) in [5, 5.41) is 3.14. The maximum Gasteiger partial charge on any atom is 0.220 e. The van der Waals surface area contributed by atoms with E-state index >= 15 is 0 Å². The van der Waals surface area contributed by atoms with Crippen molar-refractivity contribution in [3.05, 3.63) is 58.9 Å². The highest BCUT2D eigenvalue weighted by atomic mass is 19.1. The highest BCUT2D eigenvalue weighted by Gasteiger charge is 2.37. The van der Waals surface area contributed by atoms with E-state index in [1.165, 1.54) is 22.6 Å². The lowest BCUT2D eigenvalue weighted by Crippen LogP contribution is -3.13. The second kappa shape index (κ2) is 9.27. The summed E-state index contributed by atoms with van der Waals surface area (Å²) < 4.78 is 24.3. The van der Waals surface area contributed by atoms with Gasteiger partial charge in [0.05, 0.1) is 26.8 Å². The molecule has 1 aliphatic heterocycles. The summed E-state index contributed by atoms with van der Waals surface area (Å²) in [5.41, 5.74) is 3.45. The van der Waals surface area contributed by atoms with Gasteiger partial charge in [-0.3, -0.25) is 4.79 Å². The van der Waals surface area contributed by atoms with Gasteiger partial charge in [0.15, 0.2) is 11.5 Å². The van der Waals surface area contributed by atoms with Crippen molar-refractivity contribution in [1.82, 2.24) is 5.32 Å². The van der Waals surface area contributed by atoms with Crippen LogP contribution in [0.5, 0.6) is 11.5 Å². The second-order valence-electron chi connectivity index (χ2n) is 7.55. The molecular formula is C23H30FN2O3+. The number of carbonyl (C=O) groups excluding carboxylic acids is 1. The fourth-order valence-corrected chi connectivity index (χ4v) is 4.24. The third kappa shape index (κ3) is 4.70. The van der Waals surface area contributed by atoms with E-state index in [4.69, 9.17) is 9.47 Å². The Balaban J connectivity index is 1.98. The van der Waals surface area contributed by atoms with Crippen molar-refractivity contribution < 1.29 is 23.6 Å². The zero-order valence-corrected chi connectivity index (χ0v) is 17.5. The van der Waals surface area contributed by atoms with Gasteiger partial charge in [0.25, 0.3) is 0 Å². The molecule has 0 aliphatic carbocycles. The minimum Gasteiger partial charge on any atom is -0.493 e. The molecule has 156 valence electrons. The Hall–Kier alpha value is -2.60. The van der Waals surface area contributed by atoms with E-state index in [2.05, 4.69) is 12.2 Å². The standard InChI is InChI=1S/C23H29FN2O3/c1-5-22(27)25-15(2)23-19-13-21(29-4)20(28-3)12-17(19)10-11-26(23)14-16-6-8-18(24)9-7-16/h6-9,12-13,15,23H,5,10-11,14H2,1-4H3,(H,25,27)/p+1/t15-,23-/m0/s1. The van der Waals surface area contributed by atoms with Gasteiger partial charge in [-0.1, -0.05) is 19.1 Å². The second-order valence-corrected chi connectivity index (χ2v) is 7.55. The fourth-order valence-electron chi connectivity index (χ4n) is 4.24. The molecule has 1 aliphatic rings. The first-order valence-electron chi connectivity index (χ1n) is 10.1. The van der Waals surface area contributed by atoms with Crippen molar-refractivity contribution in [2.24, 2.45) is 0 Å². The minimum atomic E-state index is -0.232. The molecule has 3 atom stereocenters. The number of benzene rings is 2. The number of amides is 1. The number of fused-ring (bicyclic) bond motifs is 1. The lowest BCUT2D eigenvalue weighted by Gasteiger charge is -2.38. The molecule has 0 radical (unpaired) electrons. The number of ether oxygens (including phenoxy) is 2. The van der Waals surface area contributed by atoms with Crippen LogP contribution in [0.2, 0.25) is 0 Å². The number of methoxy groups -OCH3 is 2. The van der Waals surface area contributed by atoms with E-state index in [-0.39, 0.29) is 23.8 Å². The van der Waals surface area contributed by atoms with Crippen LogP contribution in [0.1, 0.15) is 43.0 Å². The van der Waals surface area contributed by atoms with Crippen LogP contribution < -0.4 is 19.7 Å². The lowest BCUT2D eigenvalue weighted by atomic mass is 9.87. The highest BCUT2D eigenvalue weighted by molar-refractivity contribution is 5.75. The lowest BCUT2D eigenvalue weighted by molar-refractivity contribution is -0.948. The number of nitrogens with one attached hydrogen (secondary N) is 2. The van der Waals surface area contributed by atoms with Crippen LogP contribution in [0.25, 0.3) is 0 Å². The molecule has 0 saturated heterocycles. The van der Waals surface area contributed by atoms with Gasteiger partial charge in [-0.05, 0) is 36.8 Å². The zero-order chi connectivity index (χ0) is 21.0. The van der Waals surface area contributed by atoms with Crippen LogP contribution in [0.15, 0.2) is 36.4 Å². The van der Waals surface area contributed by atoms with E-state index in [1.54, 1.807) is 14.2 Å². The molecule has 0 saturated carbocycles. The van der Waals surface area contributed by atoms with Crippen molar-refractivity contribution in [1.29, 1.82) is 0 Å². The SMILES string of the molecule is CCC(=O)N[C@@H](C)[C@H]1c2cc(OC)c(OC)cc2CC[NH+]1Cc1ccc(F)cc1. The largest absolute Gasteiger partial charge is 0.493 e. The van der Waals surface area contributed by atoms with Gasteiger partial charge in [0.2, 0.25) is 5.91 Å². The van der Waals surface area contributed by atoms with E-state index in [0.717, 1.165) is 36.4 Å². The Morgan fingerprint density at radius 1 is 1.21 bits per heavy atom. The van der Waals surface area contributed by atoms with E-state index in [0.29, 0.717) is 12.2 Å². The summed E-state index contributed by atoms with van der Waals surface area (Å²) in [6.45, 7) is 5.57. The van der Waals surface area contributed by atoms with E-state index in [1.807, 2.05) is 31.2 Å².